The molecular weight excluding hydrogens is 338 g/mol. The molecule has 0 radical (unpaired) electrons. The molecule has 0 bridgehead atoms. The molecule has 142 valence electrons. The van der Waals surface area contributed by atoms with Crippen LogP contribution in [0.2, 0.25) is 0 Å². The molecule has 2 aromatic heterocycles. The number of aryl methyl sites for hydroxylation is 1. The highest BCUT2D eigenvalue weighted by atomic mass is 16.2. The minimum Gasteiger partial charge on any atom is -0.327 e. The molecule has 3 heterocycles. The summed E-state index contributed by atoms with van der Waals surface area (Å²) in [6.45, 7) is 11.8. The Morgan fingerprint density at radius 1 is 1.33 bits per heavy atom. The van der Waals surface area contributed by atoms with E-state index in [-0.39, 0.29) is 18.0 Å². The Kier molecular flexibility index (Phi) is 5.44. The van der Waals surface area contributed by atoms with Crippen molar-refractivity contribution in [2.45, 2.75) is 45.2 Å². The van der Waals surface area contributed by atoms with E-state index in [0.717, 1.165) is 36.2 Å². The molecule has 1 aliphatic heterocycles. The summed E-state index contributed by atoms with van der Waals surface area (Å²) >= 11 is 0. The fourth-order valence-corrected chi connectivity index (χ4v) is 3.73. The summed E-state index contributed by atoms with van der Waals surface area (Å²) in [6, 6.07) is 1.91. The maximum atomic E-state index is 13.3. The second kappa shape index (κ2) is 7.78. The minimum atomic E-state index is -0.0438. The summed E-state index contributed by atoms with van der Waals surface area (Å²) in [5.41, 5.74) is 4.45. The second-order valence-corrected chi connectivity index (χ2v) is 7.13. The van der Waals surface area contributed by atoms with Crippen molar-refractivity contribution < 1.29 is 4.79 Å². The summed E-state index contributed by atoms with van der Waals surface area (Å²) in [5.74, 6) is -0.0438. The van der Waals surface area contributed by atoms with Gasteiger partial charge in [0, 0.05) is 24.3 Å². The Bertz CT molecular complexity index is 888. The lowest BCUT2D eigenvalue weighted by molar-refractivity contribution is 0.0595. The molecule has 1 aliphatic rings. The molecule has 0 spiro atoms. The SMILES string of the molecule is C=CC[C@H]1CC(C)=C[C@H](CC=C)N1C(=O)c1cc(-c2cnn(C)c2C)n[nH]1. The Morgan fingerprint density at radius 3 is 2.70 bits per heavy atom. The van der Waals surface area contributed by atoms with Crippen LogP contribution < -0.4 is 0 Å². The minimum absolute atomic E-state index is 0.000535. The summed E-state index contributed by atoms with van der Waals surface area (Å²) in [7, 11) is 1.89. The van der Waals surface area contributed by atoms with E-state index in [1.165, 1.54) is 5.57 Å². The van der Waals surface area contributed by atoms with Crippen LogP contribution in [0.15, 0.2) is 49.2 Å². The van der Waals surface area contributed by atoms with Crippen molar-refractivity contribution in [3.05, 3.63) is 60.6 Å². The van der Waals surface area contributed by atoms with E-state index < -0.39 is 0 Å². The van der Waals surface area contributed by atoms with E-state index >= 15 is 0 Å². The van der Waals surface area contributed by atoms with E-state index in [1.807, 2.05) is 37.1 Å². The van der Waals surface area contributed by atoms with Crippen molar-refractivity contribution in [2.75, 3.05) is 0 Å². The average Bonchev–Trinajstić information content (AvgIpc) is 3.23. The third-order valence-corrected chi connectivity index (χ3v) is 5.19. The smallest absolute Gasteiger partial charge is 0.272 e. The van der Waals surface area contributed by atoms with Crippen LogP contribution in [0.1, 0.15) is 42.4 Å². The number of carbonyl (C=O) groups is 1. The largest absolute Gasteiger partial charge is 0.327 e. The third kappa shape index (κ3) is 3.65. The quantitative estimate of drug-likeness (QED) is 0.792. The van der Waals surface area contributed by atoms with Crippen LogP contribution in [0.25, 0.3) is 11.3 Å². The molecule has 0 unspecified atom stereocenters. The van der Waals surface area contributed by atoms with E-state index in [0.29, 0.717) is 5.69 Å². The molecule has 0 aliphatic carbocycles. The van der Waals surface area contributed by atoms with Crippen molar-refractivity contribution in [1.29, 1.82) is 0 Å². The van der Waals surface area contributed by atoms with Gasteiger partial charge in [-0.05, 0) is 39.2 Å². The van der Waals surface area contributed by atoms with Crippen molar-refractivity contribution in [1.82, 2.24) is 24.9 Å². The first-order valence-electron chi connectivity index (χ1n) is 9.22. The first-order valence-corrected chi connectivity index (χ1v) is 9.22. The van der Waals surface area contributed by atoms with Crippen molar-refractivity contribution in [3.63, 3.8) is 0 Å². The number of carbonyl (C=O) groups excluding carboxylic acids is 1. The zero-order chi connectivity index (χ0) is 19.6. The summed E-state index contributed by atoms with van der Waals surface area (Å²) in [5, 5.41) is 11.5. The number of nitrogens with zero attached hydrogens (tertiary/aromatic N) is 4. The Labute approximate surface area is 160 Å². The summed E-state index contributed by atoms with van der Waals surface area (Å²) < 4.78 is 1.80. The number of hydrogen-bond acceptors (Lipinski definition) is 3. The molecule has 2 aromatic rings. The van der Waals surface area contributed by atoms with Crippen molar-refractivity contribution in [2.24, 2.45) is 7.05 Å². The summed E-state index contributed by atoms with van der Waals surface area (Å²) in [6.07, 6.45) is 10.0. The van der Waals surface area contributed by atoms with Crippen molar-refractivity contribution in [3.8, 4) is 11.3 Å². The average molecular weight is 365 g/mol. The molecule has 0 saturated carbocycles. The predicted molar refractivity (Wildman–Crippen MR) is 107 cm³/mol. The number of nitrogens with one attached hydrogen (secondary N) is 1. The van der Waals surface area contributed by atoms with Gasteiger partial charge in [0.25, 0.3) is 5.91 Å². The Balaban J connectivity index is 1.93. The molecule has 6 nitrogen and oxygen atoms in total. The van der Waals surface area contributed by atoms with Crippen LogP contribution in [0.5, 0.6) is 0 Å². The fraction of sp³-hybridized carbons (Fsp3) is 0.381. The van der Waals surface area contributed by atoms with Gasteiger partial charge in [0.05, 0.1) is 17.9 Å². The zero-order valence-corrected chi connectivity index (χ0v) is 16.3. The van der Waals surface area contributed by atoms with Crippen LogP contribution in [-0.2, 0) is 7.05 Å². The number of amides is 1. The lowest BCUT2D eigenvalue weighted by Gasteiger charge is -2.40. The van der Waals surface area contributed by atoms with Gasteiger partial charge in [-0.15, -0.1) is 13.2 Å². The van der Waals surface area contributed by atoms with E-state index in [9.17, 15) is 4.79 Å². The first-order chi connectivity index (χ1) is 13.0. The van der Waals surface area contributed by atoms with Crippen molar-refractivity contribution >= 4 is 5.91 Å². The van der Waals surface area contributed by atoms with Gasteiger partial charge in [0.15, 0.2) is 0 Å². The molecule has 2 atom stereocenters. The highest BCUT2D eigenvalue weighted by Crippen LogP contribution is 2.29. The zero-order valence-electron chi connectivity index (χ0n) is 16.3. The van der Waals surface area contributed by atoms with E-state index in [2.05, 4.69) is 41.5 Å². The van der Waals surface area contributed by atoms with Gasteiger partial charge in [-0.25, -0.2) is 0 Å². The molecule has 0 fully saturated rings. The van der Waals surface area contributed by atoms with Gasteiger partial charge in [-0.3, -0.25) is 14.6 Å². The van der Waals surface area contributed by atoms with Crippen LogP contribution in [0, 0.1) is 6.92 Å². The van der Waals surface area contributed by atoms with Crippen LogP contribution in [0.4, 0.5) is 0 Å². The number of H-pyrrole nitrogens is 1. The molecule has 27 heavy (non-hydrogen) atoms. The van der Waals surface area contributed by atoms with Gasteiger partial charge in [-0.2, -0.15) is 10.2 Å². The van der Waals surface area contributed by atoms with Gasteiger partial charge in [-0.1, -0.05) is 23.8 Å². The number of rotatable bonds is 6. The van der Waals surface area contributed by atoms with Gasteiger partial charge >= 0.3 is 0 Å². The van der Waals surface area contributed by atoms with E-state index in [4.69, 9.17) is 0 Å². The predicted octanol–water partition coefficient (Wildman–Crippen LogP) is 3.80. The molecular formula is C21H27N5O. The van der Waals surface area contributed by atoms with Crippen LogP contribution in [-0.4, -0.2) is 42.9 Å². The Morgan fingerprint density at radius 2 is 2.07 bits per heavy atom. The highest BCUT2D eigenvalue weighted by molar-refractivity contribution is 5.94. The third-order valence-electron chi connectivity index (χ3n) is 5.19. The molecule has 0 aromatic carbocycles. The highest BCUT2D eigenvalue weighted by Gasteiger charge is 2.33. The maximum Gasteiger partial charge on any atom is 0.272 e. The molecule has 1 N–H and O–H groups in total. The topological polar surface area (TPSA) is 66.8 Å². The number of hydrogen-bond donors (Lipinski definition) is 1. The monoisotopic (exact) mass is 365 g/mol. The molecule has 0 saturated heterocycles. The first kappa shape index (κ1) is 18.9. The van der Waals surface area contributed by atoms with Gasteiger partial charge in [0.1, 0.15) is 5.69 Å². The van der Waals surface area contributed by atoms with Crippen LogP contribution in [0.3, 0.4) is 0 Å². The fourth-order valence-electron chi connectivity index (χ4n) is 3.73. The molecule has 1 amide bonds. The molecule has 3 rings (SSSR count). The van der Waals surface area contributed by atoms with Crippen LogP contribution >= 0.6 is 0 Å². The van der Waals surface area contributed by atoms with Gasteiger partial charge < -0.3 is 4.90 Å². The molecule has 6 heteroatoms. The van der Waals surface area contributed by atoms with Gasteiger partial charge in [0.2, 0.25) is 0 Å². The standard InChI is InChI=1S/C21H27N5O/c1-6-8-16-10-14(3)11-17(9-7-2)26(16)21(27)20-12-19(23-24-20)18-13-22-25(5)15(18)4/h6-7,10,12-13,16-17H,1-2,8-9,11H2,3-5H3,(H,23,24)/t16-,17-/m0/s1. The lowest BCUT2D eigenvalue weighted by atomic mass is 9.92. The maximum absolute atomic E-state index is 13.3. The number of aromatic amines is 1. The normalized spacial score (nSPS) is 19.7. The summed E-state index contributed by atoms with van der Waals surface area (Å²) in [4.78, 5) is 15.3. The Hall–Kier alpha value is -2.89. The number of aromatic nitrogens is 4. The van der Waals surface area contributed by atoms with E-state index in [1.54, 1.807) is 10.9 Å². The lowest BCUT2D eigenvalue weighted by Crippen LogP contribution is -2.48. The second-order valence-electron chi connectivity index (χ2n) is 7.13.